The van der Waals surface area contributed by atoms with Crippen LogP contribution in [0.15, 0.2) is 12.1 Å². The number of nitrogens with zero attached hydrogens (tertiary/aromatic N) is 1. The van der Waals surface area contributed by atoms with Crippen molar-refractivity contribution < 1.29 is 8.78 Å². The van der Waals surface area contributed by atoms with E-state index in [0.717, 1.165) is 12.1 Å². The predicted molar refractivity (Wildman–Crippen MR) is 29.2 cm³/mol. The average molecular weight is 150 g/mol. The Kier molecular flexibility index (Phi) is 1.62. The van der Waals surface area contributed by atoms with Crippen LogP contribution in [-0.4, -0.2) is 4.98 Å². The van der Waals surface area contributed by atoms with E-state index >= 15 is 0 Å². The maximum absolute atomic E-state index is 12.1. The van der Waals surface area contributed by atoms with Gasteiger partial charge in [-0.25, -0.2) is 9.37 Å². The predicted octanol–water partition coefficient (Wildman–Crippen LogP) is 2.01. The summed E-state index contributed by atoms with van der Waals surface area (Å²) in [5.41, 5.74) is 0. The molecule has 1 aromatic rings. The molecule has 4 heteroatoms. The van der Waals surface area contributed by atoms with Crippen molar-refractivity contribution >= 4 is 11.6 Å². The fraction of sp³-hybridized carbons (Fsp3) is 0. The SMILES string of the molecule is Fc1ccc(F)c(Cl)n1. The first-order chi connectivity index (χ1) is 4.20. The molecule has 9 heavy (non-hydrogen) atoms. The van der Waals surface area contributed by atoms with Crippen LogP contribution in [0.3, 0.4) is 0 Å². The molecule has 1 rings (SSSR count). The Morgan fingerprint density at radius 3 is 2.44 bits per heavy atom. The second kappa shape index (κ2) is 2.27. The Labute approximate surface area is 55.3 Å². The molecular weight excluding hydrogens is 148 g/mol. The number of aromatic nitrogens is 1. The number of pyridine rings is 1. The van der Waals surface area contributed by atoms with Gasteiger partial charge in [0.25, 0.3) is 0 Å². The quantitative estimate of drug-likeness (QED) is 0.515. The Balaban J connectivity index is 3.17. The molecule has 0 aliphatic carbocycles. The molecule has 1 nitrogen and oxygen atoms in total. The molecule has 1 heterocycles. The zero-order valence-electron chi connectivity index (χ0n) is 4.24. The van der Waals surface area contributed by atoms with Gasteiger partial charge in [-0.15, -0.1) is 0 Å². The van der Waals surface area contributed by atoms with Gasteiger partial charge in [0.15, 0.2) is 11.0 Å². The highest BCUT2D eigenvalue weighted by Crippen LogP contribution is 2.09. The van der Waals surface area contributed by atoms with E-state index in [1.807, 2.05) is 0 Å². The molecule has 0 bridgehead atoms. The van der Waals surface area contributed by atoms with Crippen molar-refractivity contribution in [1.29, 1.82) is 0 Å². The third-order valence-corrected chi connectivity index (χ3v) is 1.03. The summed E-state index contributed by atoms with van der Waals surface area (Å²) in [6.07, 6.45) is 0. The third-order valence-electron chi connectivity index (χ3n) is 0.769. The summed E-state index contributed by atoms with van der Waals surface area (Å²) in [6, 6.07) is 1.83. The standard InChI is InChI=1S/C5H2ClF2N/c6-5-3(7)1-2-4(8)9-5/h1-2H. The topological polar surface area (TPSA) is 12.9 Å². The Bertz CT molecular complexity index is 226. The Morgan fingerprint density at radius 2 is 2.00 bits per heavy atom. The Hall–Kier alpha value is -0.700. The molecule has 0 unspecified atom stereocenters. The summed E-state index contributed by atoms with van der Waals surface area (Å²) in [7, 11) is 0. The fourth-order valence-electron chi connectivity index (χ4n) is 0.395. The molecule has 1 aromatic heterocycles. The summed E-state index contributed by atoms with van der Waals surface area (Å²) < 4.78 is 24.1. The maximum Gasteiger partial charge on any atom is 0.214 e. The van der Waals surface area contributed by atoms with Crippen molar-refractivity contribution in [2.24, 2.45) is 0 Å². The lowest BCUT2D eigenvalue weighted by Crippen LogP contribution is -1.85. The van der Waals surface area contributed by atoms with E-state index in [1.54, 1.807) is 0 Å². The molecule has 0 spiro atoms. The average Bonchev–Trinajstić information content (AvgIpc) is 1.80. The number of hydrogen-bond donors (Lipinski definition) is 0. The van der Waals surface area contributed by atoms with Crippen LogP contribution in [0.5, 0.6) is 0 Å². The van der Waals surface area contributed by atoms with E-state index in [4.69, 9.17) is 11.6 Å². The van der Waals surface area contributed by atoms with E-state index in [2.05, 4.69) is 4.98 Å². The van der Waals surface area contributed by atoms with Crippen LogP contribution in [0, 0.1) is 11.8 Å². The first kappa shape index (κ1) is 6.42. The number of rotatable bonds is 0. The van der Waals surface area contributed by atoms with Gasteiger partial charge in [-0.05, 0) is 12.1 Å². The van der Waals surface area contributed by atoms with Crippen LogP contribution >= 0.6 is 11.6 Å². The molecule has 0 fully saturated rings. The van der Waals surface area contributed by atoms with Gasteiger partial charge in [-0.1, -0.05) is 11.6 Å². The highest BCUT2D eigenvalue weighted by molar-refractivity contribution is 6.29. The zero-order valence-corrected chi connectivity index (χ0v) is 4.99. The minimum Gasteiger partial charge on any atom is -0.205 e. The Morgan fingerprint density at radius 1 is 1.33 bits per heavy atom. The second-order valence-electron chi connectivity index (χ2n) is 1.41. The molecule has 0 N–H and O–H groups in total. The van der Waals surface area contributed by atoms with Gasteiger partial charge in [0.1, 0.15) is 0 Å². The first-order valence-corrected chi connectivity index (χ1v) is 2.55. The van der Waals surface area contributed by atoms with Crippen molar-refractivity contribution in [3.63, 3.8) is 0 Å². The largest absolute Gasteiger partial charge is 0.214 e. The van der Waals surface area contributed by atoms with Gasteiger partial charge >= 0.3 is 0 Å². The number of hydrogen-bond acceptors (Lipinski definition) is 1. The van der Waals surface area contributed by atoms with E-state index in [9.17, 15) is 8.78 Å². The fourth-order valence-corrected chi connectivity index (χ4v) is 0.539. The summed E-state index contributed by atoms with van der Waals surface area (Å²) in [6.45, 7) is 0. The molecular formula is C5H2ClF2N. The zero-order chi connectivity index (χ0) is 6.85. The molecule has 0 atom stereocenters. The van der Waals surface area contributed by atoms with E-state index < -0.39 is 16.9 Å². The van der Waals surface area contributed by atoms with E-state index in [1.165, 1.54) is 0 Å². The smallest absolute Gasteiger partial charge is 0.205 e. The van der Waals surface area contributed by atoms with Gasteiger partial charge in [0.05, 0.1) is 0 Å². The normalized spacial score (nSPS) is 9.67. The molecule has 0 aliphatic heterocycles. The minimum absolute atomic E-state index is 0.435. The van der Waals surface area contributed by atoms with Crippen LogP contribution in [0.1, 0.15) is 0 Å². The van der Waals surface area contributed by atoms with E-state index in [0.29, 0.717) is 0 Å². The second-order valence-corrected chi connectivity index (χ2v) is 1.76. The van der Waals surface area contributed by atoms with Crippen molar-refractivity contribution in [3.8, 4) is 0 Å². The summed E-state index contributed by atoms with van der Waals surface area (Å²) in [4.78, 5) is 3.00. The van der Waals surface area contributed by atoms with Gasteiger partial charge in [0.2, 0.25) is 5.95 Å². The first-order valence-electron chi connectivity index (χ1n) is 2.17. The summed E-state index contributed by atoms with van der Waals surface area (Å²) in [5, 5.41) is -0.435. The highest BCUT2D eigenvalue weighted by atomic mass is 35.5. The molecule has 0 aromatic carbocycles. The molecule has 0 saturated heterocycles. The van der Waals surface area contributed by atoms with Gasteiger partial charge in [-0.3, -0.25) is 0 Å². The molecule has 0 amide bonds. The monoisotopic (exact) mass is 149 g/mol. The van der Waals surface area contributed by atoms with Gasteiger partial charge in [-0.2, -0.15) is 4.39 Å². The van der Waals surface area contributed by atoms with Crippen LogP contribution < -0.4 is 0 Å². The van der Waals surface area contributed by atoms with Crippen molar-refractivity contribution in [3.05, 3.63) is 29.1 Å². The third kappa shape index (κ3) is 1.36. The number of halogens is 3. The summed E-state index contributed by atoms with van der Waals surface area (Å²) >= 11 is 5.09. The van der Waals surface area contributed by atoms with Crippen LogP contribution in [-0.2, 0) is 0 Å². The van der Waals surface area contributed by atoms with Crippen LogP contribution in [0.4, 0.5) is 8.78 Å². The van der Waals surface area contributed by atoms with Gasteiger partial charge < -0.3 is 0 Å². The lowest BCUT2D eigenvalue weighted by Gasteiger charge is -1.89. The molecule has 48 valence electrons. The van der Waals surface area contributed by atoms with E-state index in [-0.39, 0.29) is 0 Å². The maximum atomic E-state index is 12.1. The van der Waals surface area contributed by atoms with Crippen LogP contribution in [0.2, 0.25) is 5.15 Å². The van der Waals surface area contributed by atoms with Crippen molar-refractivity contribution in [1.82, 2.24) is 4.98 Å². The molecule has 0 radical (unpaired) electrons. The lowest BCUT2D eigenvalue weighted by molar-refractivity contribution is 0.560. The molecule has 0 saturated carbocycles. The van der Waals surface area contributed by atoms with Crippen molar-refractivity contribution in [2.45, 2.75) is 0 Å². The van der Waals surface area contributed by atoms with Gasteiger partial charge in [0, 0.05) is 0 Å². The lowest BCUT2D eigenvalue weighted by atomic mass is 10.5. The highest BCUT2D eigenvalue weighted by Gasteiger charge is 1.99. The van der Waals surface area contributed by atoms with Crippen molar-refractivity contribution in [2.75, 3.05) is 0 Å². The summed E-state index contributed by atoms with van der Waals surface area (Å²) in [5.74, 6) is -1.49. The van der Waals surface area contributed by atoms with Crippen LogP contribution in [0.25, 0.3) is 0 Å². The molecule has 0 aliphatic rings. The minimum atomic E-state index is -0.776.